The topological polar surface area (TPSA) is 0 Å². The van der Waals surface area contributed by atoms with Crippen LogP contribution < -0.4 is 0 Å². The first kappa shape index (κ1) is 10.8. The zero-order valence-corrected chi connectivity index (χ0v) is 9.35. The fourth-order valence-electron chi connectivity index (χ4n) is 1.64. The lowest BCUT2D eigenvalue weighted by Crippen LogP contribution is -1.92. The minimum atomic E-state index is 1.10. The average molecular weight is 186 g/mol. The maximum Gasteiger partial charge on any atom is -0.00251 e. The van der Waals surface area contributed by atoms with E-state index < -0.39 is 0 Å². The Bertz CT molecular complexity index is 366. The first-order chi connectivity index (χ1) is 6.72. The van der Waals surface area contributed by atoms with Gasteiger partial charge in [-0.05, 0) is 42.0 Å². The van der Waals surface area contributed by atoms with Gasteiger partial charge in [-0.25, -0.2) is 0 Å². The third-order valence-corrected chi connectivity index (χ3v) is 2.67. The van der Waals surface area contributed by atoms with Crippen molar-refractivity contribution in [3.8, 4) is 0 Å². The quantitative estimate of drug-likeness (QED) is 0.626. The molecule has 0 spiro atoms. The van der Waals surface area contributed by atoms with Gasteiger partial charge in [0.25, 0.3) is 0 Å². The molecule has 1 aromatic rings. The second-order valence-corrected chi connectivity index (χ2v) is 3.49. The maximum atomic E-state index is 3.67. The van der Waals surface area contributed by atoms with Gasteiger partial charge < -0.3 is 0 Å². The van der Waals surface area contributed by atoms with Crippen LogP contribution in [0, 0.1) is 0 Å². The Morgan fingerprint density at radius 1 is 1.21 bits per heavy atom. The molecule has 0 saturated heterocycles. The maximum absolute atomic E-state index is 3.67. The minimum absolute atomic E-state index is 1.10. The molecule has 0 fully saturated rings. The lowest BCUT2D eigenvalue weighted by atomic mass is 9.97. The molecule has 0 saturated carbocycles. The predicted octanol–water partition coefficient (Wildman–Crippen LogP) is 4.00. The molecule has 1 rings (SSSR count). The van der Waals surface area contributed by atoms with Gasteiger partial charge in [0.1, 0.15) is 0 Å². The van der Waals surface area contributed by atoms with Gasteiger partial charge >= 0.3 is 0 Å². The zero-order chi connectivity index (χ0) is 10.6. The second kappa shape index (κ2) is 4.83. The number of aryl methyl sites for hydroxylation is 2. The van der Waals surface area contributed by atoms with E-state index in [0.29, 0.717) is 0 Å². The molecule has 0 nitrogen and oxygen atoms in total. The SMILES string of the molecule is C=C=C(C)c1ccc(CC)c(CC)c1. The van der Waals surface area contributed by atoms with Gasteiger partial charge in [-0.1, -0.05) is 38.6 Å². The van der Waals surface area contributed by atoms with Gasteiger partial charge in [-0.3, -0.25) is 0 Å². The monoisotopic (exact) mass is 186 g/mol. The molecule has 0 aliphatic rings. The predicted molar refractivity (Wildman–Crippen MR) is 63.4 cm³/mol. The number of hydrogen-bond donors (Lipinski definition) is 0. The van der Waals surface area contributed by atoms with Crippen molar-refractivity contribution in [3.63, 3.8) is 0 Å². The van der Waals surface area contributed by atoms with E-state index in [1.165, 1.54) is 16.7 Å². The summed E-state index contributed by atoms with van der Waals surface area (Å²) in [7, 11) is 0. The van der Waals surface area contributed by atoms with Crippen LogP contribution >= 0.6 is 0 Å². The summed E-state index contributed by atoms with van der Waals surface area (Å²) in [4.78, 5) is 0. The molecule has 0 heteroatoms. The van der Waals surface area contributed by atoms with Gasteiger partial charge in [0.05, 0.1) is 0 Å². The summed E-state index contributed by atoms with van der Waals surface area (Å²) in [5.74, 6) is 0. The molecule has 0 N–H and O–H groups in total. The van der Waals surface area contributed by atoms with E-state index >= 15 is 0 Å². The van der Waals surface area contributed by atoms with E-state index in [4.69, 9.17) is 0 Å². The van der Waals surface area contributed by atoms with Crippen LogP contribution in [0.4, 0.5) is 0 Å². The third kappa shape index (κ3) is 2.16. The summed E-state index contributed by atoms with van der Waals surface area (Å²) in [5.41, 5.74) is 8.20. The molecule has 0 atom stereocenters. The van der Waals surface area contributed by atoms with E-state index in [0.717, 1.165) is 18.4 Å². The molecule has 1 aromatic carbocycles. The Kier molecular flexibility index (Phi) is 3.73. The Morgan fingerprint density at radius 2 is 1.86 bits per heavy atom. The summed E-state index contributed by atoms with van der Waals surface area (Å²) >= 11 is 0. The Balaban J connectivity index is 3.20. The summed E-state index contributed by atoms with van der Waals surface area (Å²) < 4.78 is 0. The van der Waals surface area contributed by atoms with Crippen molar-refractivity contribution in [1.29, 1.82) is 0 Å². The molecule has 0 heterocycles. The highest BCUT2D eigenvalue weighted by Crippen LogP contribution is 2.18. The van der Waals surface area contributed by atoms with Crippen molar-refractivity contribution in [2.45, 2.75) is 33.6 Å². The summed E-state index contributed by atoms with van der Waals surface area (Å²) in [6.45, 7) is 10.1. The summed E-state index contributed by atoms with van der Waals surface area (Å²) in [5, 5.41) is 0. The molecule has 74 valence electrons. The van der Waals surface area contributed by atoms with Crippen LogP contribution in [0.3, 0.4) is 0 Å². The van der Waals surface area contributed by atoms with Crippen molar-refractivity contribution >= 4 is 5.57 Å². The molecule has 0 radical (unpaired) electrons. The van der Waals surface area contributed by atoms with E-state index in [2.05, 4.69) is 44.4 Å². The van der Waals surface area contributed by atoms with Gasteiger partial charge in [0.15, 0.2) is 0 Å². The highest BCUT2D eigenvalue weighted by atomic mass is 14.1. The van der Waals surface area contributed by atoms with Gasteiger partial charge in [0.2, 0.25) is 0 Å². The van der Waals surface area contributed by atoms with Crippen molar-refractivity contribution in [2.75, 3.05) is 0 Å². The van der Waals surface area contributed by atoms with E-state index in [1.807, 2.05) is 6.92 Å². The number of rotatable bonds is 3. The Labute approximate surface area is 87.0 Å². The molecule has 0 aromatic heterocycles. The van der Waals surface area contributed by atoms with Gasteiger partial charge in [0, 0.05) is 0 Å². The number of hydrogen-bond acceptors (Lipinski definition) is 0. The third-order valence-electron chi connectivity index (χ3n) is 2.67. The van der Waals surface area contributed by atoms with Gasteiger partial charge in [-0.15, -0.1) is 5.73 Å². The van der Waals surface area contributed by atoms with Crippen molar-refractivity contribution < 1.29 is 0 Å². The largest absolute Gasteiger partial charge is 0.125 e. The molecular weight excluding hydrogens is 168 g/mol. The molecule has 14 heavy (non-hydrogen) atoms. The number of benzene rings is 1. The van der Waals surface area contributed by atoms with Crippen molar-refractivity contribution in [1.82, 2.24) is 0 Å². The van der Waals surface area contributed by atoms with Crippen LogP contribution in [0.2, 0.25) is 0 Å². The Morgan fingerprint density at radius 3 is 2.36 bits per heavy atom. The van der Waals surface area contributed by atoms with Crippen LogP contribution in [0.5, 0.6) is 0 Å². The van der Waals surface area contributed by atoms with E-state index in [-0.39, 0.29) is 0 Å². The average Bonchev–Trinajstić information content (AvgIpc) is 2.26. The van der Waals surface area contributed by atoms with Crippen LogP contribution in [0.25, 0.3) is 5.57 Å². The lowest BCUT2D eigenvalue weighted by molar-refractivity contribution is 1.03. The molecule has 0 aliphatic carbocycles. The smallest absolute Gasteiger partial charge is 0.00251 e. The van der Waals surface area contributed by atoms with E-state index in [9.17, 15) is 0 Å². The molecule has 0 aliphatic heterocycles. The van der Waals surface area contributed by atoms with Crippen LogP contribution in [-0.2, 0) is 12.8 Å². The van der Waals surface area contributed by atoms with Gasteiger partial charge in [-0.2, -0.15) is 0 Å². The molecule has 0 amide bonds. The zero-order valence-electron chi connectivity index (χ0n) is 9.35. The Hall–Kier alpha value is -1.26. The summed E-state index contributed by atoms with van der Waals surface area (Å²) in [6.07, 6.45) is 2.21. The fourth-order valence-corrected chi connectivity index (χ4v) is 1.64. The fraction of sp³-hybridized carbons (Fsp3) is 0.357. The van der Waals surface area contributed by atoms with Crippen LogP contribution in [0.15, 0.2) is 30.5 Å². The first-order valence-corrected chi connectivity index (χ1v) is 5.21. The minimum Gasteiger partial charge on any atom is -0.125 e. The standard InChI is InChI=1S/C14H18/c1-5-11(4)14-9-8-12(6-2)13(7-3)10-14/h8-10H,1,6-7H2,2-4H3. The van der Waals surface area contributed by atoms with Crippen molar-refractivity contribution in [3.05, 3.63) is 47.2 Å². The van der Waals surface area contributed by atoms with E-state index in [1.54, 1.807) is 0 Å². The lowest BCUT2D eigenvalue weighted by Gasteiger charge is -2.08. The highest BCUT2D eigenvalue weighted by molar-refractivity contribution is 5.63. The second-order valence-electron chi connectivity index (χ2n) is 3.49. The normalized spacial score (nSPS) is 9.64. The van der Waals surface area contributed by atoms with Crippen molar-refractivity contribution in [2.24, 2.45) is 0 Å². The highest BCUT2D eigenvalue weighted by Gasteiger charge is 2.01. The first-order valence-electron chi connectivity index (χ1n) is 5.21. The molecular formula is C14H18. The van der Waals surface area contributed by atoms with Crippen LogP contribution in [-0.4, -0.2) is 0 Å². The molecule has 0 unspecified atom stereocenters. The summed E-state index contributed by atoms with van der Waals surface area (Å²) in [6, 6.07) is 6.63. The number of allylic oxidation sites excluding steroid dienone is 1. The molecule has 0 bridgehead atoms. The van der Waals surface area contributed by atoms with Crippen LogP contribution in [0.1, 0.15) is 37.5 Å².